The Kier molecular flexibility index (Phi) is 4.07. The van der Waals surface area contributed by atoms with Crippen LogP contribution < -0.4 is 4.72 Å². The Bertz CT molecular complexity index is 170. The maximum Gasteiger partial charge on any atom is 0.231 e. The van der Waals surface area contributed by atoms with Gasteiger partial charge in [-0.2, -0.15) is 0 Å². The summed E-state index contributed by atoms with van der Waals surface area (Å²) in [5.41, 5.74) is 0. The highest BCUT2D eigenvalue weighted by atomic mass is 32.2. The van der Waals surface area contributed by atoms with Crippen molar-refractivity contribution < 1.29 is 13.2 Å². The van der Waals surface area contributed by atoms with Gasteiger partial charge in [0.05, 0.1) is 0 Å². The second kappa shape index (κ2) is 4.86. The number of rotatable bonds is 4. The van der Waals surface area contributed by atoms with Gasteiger partial charge in [-0.1, -0.05) is 0 Å². The molecular weight excluding hydrogens is 183 g/mol. The molecule has 72 valence electrons. The molecule has 4 nitrogen and oxygen atoms in total. The predicted molar refractivity (Wildman–Crippen MR) is 44.7 cm³/mol. The third-order valence-electron chi connectivity index (χ3n) is 1.87. The quantitative estimate of drug-likeness (QED) is 0.610. The number of hydrogen-bond acceptors (Lipinski definition) is 2. The van der Waals surface area contributed by atoms with Gasteiger partial charge in [0.2, 0.25) is 11.3 Å². The van der Waals surface area contributed by atoms with E-state index >= 15 is 0 Å². The summed E-state index contributed by atoms with van der Waals surface area (Å²) in [6.07, 6.45) is -0.132. The van der Waals surface area contributed by atoms with Gasteiger partial charge in [-0.3, -0.25) is 9.45 Å². The molecule has 0 aromatic heterocycles. The largest absolute Gasteiger partial charge is 0.299 e. The molecule has 1 aliphatic rings. The van der Waals surface area contributed by atoms with E-state index in [-0.39, 0.29) is 0 Å². The number of likely N-dealkylation sites (tertiary alicyclic amines) is 1. The summed E-state index contributed by atoms with van der Waals surface area (Å²) < 4.78 is 33.4. The first-order chi connectivity index (χ1) is 5.68. The molecule has 1 rings (SSSR count). The summed E-state index contributed by atoms with van der Waals surface area (Å²) in [5, 5.41) is 0. The summed E-state index contributed by atoms with van der Waals surface area (Å²) in [7, 11) is 0. The third-order valence-corrected chi connectivity index (χ3v) is 2.32. The number of alkyl halides is 1. The molecule has 0 spiro atoms. The molecule has 1 fully saturated rings. The Balaban J connectivity index is 2.04. The molecule has 2 atom stereocenters. The van der Waals surface area contributed by atoms with Gasteiger partial charge in [0.1, 0.15) is 6.17 Å². The summed E-state index contributed by atoms with van der Waals surface area (Å²) >= 11 is -1.94. The van der Waals surface area contributed by atoms with Crippen LogP contribution >= 0.6 is 0 Å². The van der Waals surface area contributed by atoms with Crippen LogP contribution in [0.3, 0.4) is 0 Å². The van der Waals surface area contributed by atoms with E-state index in [9.17, 15) is 8.60 Å². The molecule has 1 aliphatic heterocycles. The Morgan fingerprint density at radius 1 is 1.75 bits per heavy atom. The summed E-state index contributed by atoms with van der Waals surface area (Å²) in [4.78, 5) is 1.94. The van der Waals surface area contributed by atoms with E-state index in [4.69, 9.17) is 4.55 Å². The molecule has 0 radical (unpaired) electrons. The zero-order valence-corrected chi connectivity index (χ0v) is 7.52. The van der Waals surface area contributed by atoms with Crippen molar-refractivity contribution in [2.45, 2.75) is 12.6 Å². The minimum atomic E-state index is -1.94. The molecule has 0 aromatic rings. The van der Waals surface area contributed by atoms with Crippen molar-refractivity contribution in [2.75, 3.05) is 26.2 Å². The van der Waals surface area contributed by atoms with Crippen LogP contribution in [0.4, 0.5) is 4.39 Å². The average Bonchev–Trinajstić information content (AvgIpc) is 2.35. The zero-order chi connectivity index (χ0) is 8.97. The number of nitrogens with zero attached hydrogens (tertiary/aromatic N) is 1. The van der Waals surface area contributed by atoms with E-state index in [1.807, 2.05) is 4.90 Å². The monoisotopic (exact) mass is 196 g/mol. The highest BCUT2D eigenvalue weighted by Crippen LogP contribution is 2.10. The van der Waals surface area contributed by atoms with Crippen molar-refractivity contribution in [2.24, 2.45) is 0 Å². The van der Waals surface area contributed by atoms with Crippen LogP contribution in [0.15, 0.2) is 0 Å². The maximum atomic E-state index is 12.6. The lowest BCUT2D eigenvalue weighted by Crippen LogP contribution is -2.31. The molecule has 1 saturated heterocycles. The maximum absolute atomic E-state index is 12.6. The van der Waals surface area contributed by atoms with Crippen LogP contribution in [0.1, 0.15) is 6.42 Å². The second-order valence-corrected chi connectivity index (χ2v) is 3.62. The smallest absolute Gasteiger partial charge is 0.231 e. The SMILES string of the molecule is O=S(O)NCCN1CCC(F)C1. The van der Waals surface area contributed by atoms with E-state index in [0.29, 0.717) is 26.1 Å². The summed E-state index contributed by atoms with van der Waals surface area (Å²) in [5.74, 6) is 0. The Labute approximate surface area is 73.5 Å². The molecule has 2 unspecified atom stereocenters. The van der Waals surface area contributed by atoms with Crippen LogP contribution in [0.2, 0.25) is 0 Å². The minimum Gasteiger partial charge on any atom is -0.299 e. The van der Waals surface area contributed by atoms with E-state index in [2.05, 4.69) is 4.72 Å². The van der Waals surface area contributed by atoms with Gasteiger partial charge in [0, 0.05) is 26.2 Å². The van der Waals surface area contributed by atoms with Crippen LogP contribution in [0.25, 0.3) is 0 Å². The van der Waals surface area contributed by atoms with Crippen LogP contribution in [0, 0.1) is 0 Å². The van der Waals surface area contributed by atoms with Gasteiger partial charge in [-0.05, 0) is 6.42 Å². The molecule has 0 amide bonds. The number of halogens is 1. The lowest BCUT2D eigenvalue weighted by atomic mass is 10.3. The van der Waals surface area contributed by atoms with Gasteiger partial charge < -0.3 is 0 Å². The fourth-order valence-electron chi connectivity index (χ4n) is 1.28. The molecule has 6 heteroatoms. The van der Waals surface area contributed by atoms with Crippen molar-refractivity contribution in [3.63, 3.8) is 0 Å². The Morgan fingerprint density at radius 3 is 3.00 bits per heavy atom. The summed E-state index contributed by atoms with van der Waals surface area (Å²) in [6.45, 7) is 2.27. The lowest BCUT2D eigenvalue weighted by molar-refractivity contribution is 0.291. The van der Waals surface area contributed by atoms with Gasteiger partial charge in [-0.15, -0.1) is 0 Å². The van der Waals surface area contributed by atoms with Crippen molar-refractivity contribution in [3.05, 3.63) is 0 Å². The molecule has 0 saturated carbocycles. The second-order valence-electron chi connectivity index (χ2n) is 2.83. The first kappa shape index (κ1) is 10.0. The predicted octanol–water partition coefficient (Wildman–Crippen LogP) is -0.244. The van der Waals surface area contributed by atoms with Gasteiger partial charge in [0.15, 0.2) is 0 Å². The standard InChI is InChI=1S/C6H13FN2O2S/c7-6-1-3-9(5-6)4-2-8-12(10)11/h6,8H,1-5H2,(H,10,11). The molecule has 2 N–H and O–H groups in total. The van der Waals surface area contributed by atoms with E-state index in [1.54, 1.807) is 0 Å². The Morgan fingerprint density at radius 2 is 2.50 bits per heavy atom. The van der Waals surface area contributed by atoms with Crippen LogP contribution in [-0.4, -0.2) is 46.0 Å². The van der Waals surface area contributed by atoms with E-state index < -0.39 is 17.4 Å². The highest BCUT2D eigenvalue weighted by Gasteiger charge is 2.20. The lowest BCUT2D eigenvalue weighted by Gasteiger charge is -2.13. The number of hydrogen-bond donors (Lipinski definition) is 2. The van der Waals surface area contributed by atoms with E-state index in [0.717, 1.165) is 6.54 Å². The van der Waals surface area contributed by atoms with Crippen LogP contribution in [0.5, 0.6) is 0 Å². The topological polar surface area (TPSA) is 52.6 Å². The normalized spacial score (nSPS) is 27.7. The van der Waals surface area contributed by atoms with Gasteiger partial charge in [0.25, 0.3) is 0 Å². The first-order valence-corrected chi connectivity index (χ1v) is 5.00. The molecule has 0 bridgehead atoms. The minimum absolute atomic E-state index is 0.426. The van der Waals surface area contributed by atoms with Gasteiger partial charge >= 0.3 is 0 Å². The number of nitrogens with one attached hydrogen (secondary N) is 1. The van der Waals surface area contributed by atoms with Crippen LogP contribution in [-0.2, 0) is 11.3 Å². The van der Waals surface area contributed by atoms with E-state index in [1.165, 1.54) is 0 Å². The Hall–Kier alpha value is -0.0400. The molecular formula is C6H13FN2O2S. The fourth-order valence-corrected chi connectivity index (χ4v) is 1.55. The van der Waals surface area contributed by atoms with Gasteiger partial charge in [-0.25, -0.2) is 13.3 Å². The fraction of sp³-hybridized carbons (Fsp3) is 1.00. The van der Waals surface area contributed by atoms with Crippen molar-refractivity contribution in [3.8, 4) is 0 Å². The molecule has 0 aromatic carbocycles. The summed E-state index contributed by atoms with van der Waals surface area (Å²) in [6, 6.07) is 0. The molecule has 1 heterocycles. The zero-order valence-electron chi connectivity index (χ0n) is 6.70. The average molecular weight is 196 g/mol. The van der Waals surface area contributed by atoms with Crippen molar-refractivity contribution >= 4 is 11.3 Å². The third kappa shape index (κ3) is 3.57. The first-order valence-electron chi connectivity index (χ1n) is 3.89. The molecule has 12 heavy (non-hydrogen) atoms. The van der Waals surface area contributed by atoms with Crippen molar-refractivity contribution in [1.82, 2.24) is 9.62 Å². The molecule has 0 aliphatic carbocycles. The highest BCUT2D eigenvalue weighted by molar-refractivity contribution is 7.77. The van der Waals surface area contributed by atoms with Crippen molar-refractivity contribution in [1.29, 1.82) is 0 Å².